The monoisotopic (exact) mass is 430 g/mol. The van der Waals surface area contributed by atoms with E-state index in [1.54, 1.807) is 0 Å². The molecule has 3 aromatic rings. The Morgan fingerprint density at radius 1 is 0.692 bits per heavy atom. The summed E-state index contributed by atoms with van der Waals surface area (Å²) in [6.07, 6.45) is -1.68. The minimum atomic E-state index is -1.68. The van der Waals surface area contributed by atoms with Crippen molar-refractivity contribution in [2.45, 2.75) is 4.75 Å². The summed E-state index contributed by atoms with van der Waals surface area (Å²) in [6, 6.07) is 30.1. The van der Waals surface area contributed by atoms with Crippen molar-refractivity contribution >= 4 is 27.7 Å². The first-order valence-electron chi connectivity index (χ1n) is 8.15. The van der Waals surface area contributed by atoms with Crippen molar-refractivity contribution in [2.75, 3.05) is 5.75 Å². The summed E-state index contributed by atoms with van der Waals surface area (Å²) in [5.41, 5.74) is 3.17. The summed E-state index contributed by atoms with van der Waals surface area (Å²) >= 11 is 4.50. The van der Waals surface area contributed by atoms with Crippen LogP contribution in [-0.4, -0.2) is 5.75 Å². The lowest BCUT2D eigenvalue weighted by atomic mass is 9.84. The Balaban J connectivity index is 2.23. The van der Waals surface area contributed by atoms with E-state index >= 15 is 0 Å². The molecule has 3 aromatic carbocycles. The fraction of sp³-hybridized carbons (Fsp3) is 0.0909. The average molecular weight is 431 g/mol. The maximum atomic E-state index is 13.0. The van der Waals surface area contributed by atoms with Crippen molar-refractivity contribution in [3.8, 4) is 0 Å². The molecule has 0 unspecified atom stereocenters. The van der Waals surface area contributed by atoms with Crippen LogP contribution in [0.5, 0.6) is 0 Å². The van der Waals surface area contributed by atoms with Crippen LogP contribution in [0.1, 0.15) is 16.7 Å². The van der Waals surface area contributed by atoms with Gasteiger partial charge in [0.2, 0.25) is 0 Å². The second kappa shape index (κ2) is 8.65. The third-order valence-corrected chi connectivity index (χ3v) is 6.69. The van der Waals surface area contributed by atoms with Crippen molar-refractivity contribution in [3.63, 3.8) is 0 Å². The molecule has 0 bridgehead atoms. The Bertz CT molecular complexity index is 764. The smallest absolute Gasteiger partial charge is 0.172 e. The molecule has 4 heteroatoms. The Morgan fingerprint density at radius 2 is 1.04 bits per heavy atom. The highest BCUT2D eigenvalue weighted by molar-refractivity contribution is 9.11. The van der Waals surface area contributed by atoms with Gasteiger partial charge in [-0.05, 0) is 32.6 Å². The number of halogens is 3. The zero-order valence-electron chi connectivity index (χ0n) is 13.9. The molecule has 0 aliphatic rings. The molecule has 0 aliphatic carbocycles. The number of hydrogen-bond acceptors (Lipinski definition) is 1. The van der Waals surface area contributed by atoms with Gasteiger partial charge in [0.25, 0.3) is 6.08 Å². The van der Waals surface area contributed by atoms with Crippen molar-refractivity contribution in [3.05, 3.63) is 118 Å². The number of hydrogen-bond donors (Lipinski definition) is 0. The number of thioether (sulfide) groups is 1. The van der Waals surface area contributed by atoms with Gasteiger partial charge in [0.15, 0.2) is 0 Å². The van der Waals surface area contributed by atoms with Gasteiger partial charge < -0.3 is 0 Å². The number of rotatable bonds is 6. The van der Waals surface area contributed by atoms with Crippen LogP contribution in [0, 0.1) is 0 Å². The summed E-state index contributed by atoms with van der Waals surface area (Å²) in [5, 5.41) is 0. The molecule has 0 fully saturated rings. The Kier molecular flexibility index (Phi) is 6.28. The lowest BCUT2D eigenvalue weighted by Gasteiger charge is -2.35. The van der Waals surface area contributed by atoms with Crippen LogP contribution in [0.2, 0.25) is 0 Å². The van der Waals surface area contributed by atoms with E-state index in [9.17, 15) is 8.78 Å². The van der Waals surface area contributed by atoms with E-state index in [0.717, 1.165) is 16.7 Å². The van der Waals surface area contributed by atoms with Crippen molar-refractivity contribution in [2.24, 2.45) is 0 Å². The van der Waals surface area contributed by atoms with E-state index in [1.807, 2.05) is 54.6 Å². The molecular weight excluding hydrogens is 414 g/mol. The Hall–Kier alpha value is -1.91. The summed E-state index contributed by atoms with van der Waals surface area (Å²) in [5.74, 6) is 0.168. The van der Waals surface area contributed by atoms with E-state index in [-0.39, 0.29) is 10.2 Å². The molecule has 132 valence electrons. The average Bonchev–Trinajstić information content (AvgIpc) is 2.70. The van der Waals surface area contributed by atoms with Crippen LogP contribution >= 0.6 is 27.7 Å². The van der Waals surface area contributed by atoms with Crippen LogP contribution in [0.25, 0.3) is 0 Å². The molecular formula is C22H17BrF2S. The van der Waals surface area contributed by atoms with E-state index in [1.165, 1.54) is 11.8 Å². The summed E-state index contributed by atoms with van der Waals surface area (Å²) in [4.78, 5) is 0. The van der Waals surface area contributed by atoms with Gasteiger partial charge in [-0.1, -0.05) is 91.0 Å². The molecule has 0 saturated carbocycles. The van der Waals surface area contributed by atoms with Crippen LogP contribution in [0.3, 0.4) is 0 Å². The highest BCUT2D eigenvalue weighted by atomic mass is 79.9. The van der Waals surface area contributed by atoms with Gasteiger partial charge in [0.05, 0.1) is 9.23 Å². The lowest BCUT2D eigenvalue weighted by Crippen LogP contribution is -2.26. The third kappa shape index (κ3) is 3.92. The quantitative estimate of drug-likeness (QED) is 0.372. The Morgan fingerprint density at radius 3 is 1.35 bits per heavy atom. The molecule has 0 amide bonds. The van der Waals surface area contributed by atoms with Gasteiger partial charge in [0.1, 0.15) is 0 Å². The highest BCUT2D eigenvalue weighted by Crippen LogP contribution is 2.49. The van der Waals surface area contributed by atoms with Crippen LogP contribution in [0.15, 0.2) is 102 Å². The maximum absolute atomic E-state index is 13.0. The van der Waals surface area contributed by atoms with Crippen molar-refractivity contribution in [1.29, 1.82) is 0 Å². The largest absolute Gasteiger partial charge is 0.281 e. The van der Waals surface area contributed by atoms with E-state index in [4.69, 9.17) is 0 Å². The van der Waals surface area contributed by atoms with Gasteiger partial charge in [-0.15, -0.1) is 11.8 Å². The van der Waals surface area contributed by atoms with Gasteiger partial charge in [-0.3, -0.25) is 0 Å². The molecule has 0 aliphatic heterocycles. The Labute approximate surface area is 165 Å². The first-order chi connectivity index (χ1) is 12.6. The molecule has 0 N–H and O–H groups in total. The molecule has 0 saturated heterocycles. The normalized spacial score (nSPS) is 11.2. The maximum Gasteiger partial charge on any atom is 0.281 e. The van der Waals surface area contributed by atoms with E-state index in [0.29, 0.717) is 0 Å². The standard InChI is InChI=1S/C22H17BrF2S/c23-20(21(24)25)16-26-22(17-10-4-1-5-11-17,18-12-6-2-7-13-18)19-14-8-3-9-15-19/h1-15H,16H2. The minimum absolute atomic E-state index is 0.0744. The molecule has 0 aromatic heterocycles. The van der Waals surface area contributed by atoms with Crippen LogP contribution in [-0.2, 0) is 4.75 Å². The fourth-order valence-corrected chi connectivity index (χ4v) is 4.70. The van der Waals surface area contributed by atoms with Crippen molar-refractivity contribution in [1.82, 2.24) is 0 Å². The topological polar surface area (TPSA) is 0 Å². The van der Waals surface area contributed by atoms with Crippen molar-refractivity contribution < 1.29 is 8.78 Å². The molecule has 26 heavy (non-hydrogen) atoms. The minimum Gasteiger partial charge on any atom is -0.172 e. The fourth-order valence-electron chi connectivity index (χ4n) is 2.99. The first-order valence-corrected chi connectivity index (χ1v) is 9.92. The van der Waals surface area contributed by atoms with Gasteiger partial charge in [-0.2, -0.15) is 8.78 Å². The highest BCUT2D eigenvalue weighted by Gasteiger charge is 2.37. The first kappa shape index (κ1) is 18.9. The summed E-state index contributed by atoms with van der Waals surface area (Å²) in [7, 11) is 0. The van der Waals surface area contributed by atoms with Gasteiger partial charge >= 0.3 is 0 Å². The van der Waals surface area contributed by atoms with Crippen LogP contribution < -0.4 is 0 Å². The predicted molar refractivity (Wildman–Crippen MR) is 110 cm³/mol. The molecule has 0 atom stereocenters. The molecule has 0 radical (unpaired) electrons. The molecule has 3 rings (SSSR count). The van der Waals surface area contributed by atoms with Gasteiger partial charge in [0, 0.05) is 5.75 Å². The second-order valence-corrected chi connectivity index (χ2v) is 7.88. The van der Waals surface area contributed by atoms with E-state index in [2.05, 4.69) is 52.3 Å². The molecule has 0 spiro atoms. The zero-order chi connectivity index (χ0) is 18.4. The number of benzene rings is 3. The SMILES string of the molecule is FC(F)=C(Br)CSC(c1ccccc1)(c1ccccc1)c1ccccc1. The third-order valence-electron chi connectivity index (χ3n) is 4.16. The second-order valence-electron chi connectivity index (χ2n) is 5.73. The van der Waals surface area contributed by atoms with Crippen LogP contribution in [0.4, 0.5) is 8.78 Å². The molecule has 0 nitrogen and oxygen atoms in total. The summed E-state index contributed by atoms with van der Waals surface area (Å²) in [6.45, 7) is 0. The van der Waals surface area contributed by atoms with E-state index < -0.39 is 10.8 Å². The predicted octanol–water partition coefficient (Wildman–Crippen LogP) is 7.21. The summed E-state index contributed by atoms with van der Waals surface area (Å²) < 4.78 is 25.4. The molecule has 0 heterocycles. The lowest BCUT2D eigenvalue weighted by molar-refractivity contribution is 0.419. The zero-order valence-corrected chi connectivity index (χ0v) is 16.3. The van der Waals surface area contributed by atoms with Gasteiger partial charge in [-0.25, -0.2) is 0 Å².